The molecule has 0 N–H and O–H groups in total. The van der Waals surface area contributed by atoms with E-state index in [1.54, 1.807) is 6.26 Å². The molecule has 2 aromatic heterocycles. The summed E-state index contributed by atoms with van der Waals surface area (Å²) in [6, 6.07) is 20.0. The van der Waals surface area contributed by atoms with Crippen LogP contribution >= 0.6 is 0 Å². The molecule has 0 bridgehead atoms. The quantitative estimate of drug-likeness (QED) is 0.460. The maximum Gasteiger partial charge on any atom is 0.154 e. The standard InChI is InChI=1S/C22H19N3O/c1-16-8-6-9-17(2)21(16)23-14-18-15-25(19-10-4-3-5-11-19)24-22(18)20-12-7-13-26-20/h3-15H,1-2H3. The fourth-order valence-corrected chi connectivity index (χ4v) is 2.94. The lowest BCUT2D eigenvalue weighted by molar-refractivity contribution is 0.579. The minimum Gasteiger partial charge on any atom is -0.463 e. The van der Waals surface area contributed by atoms with Crippen molar-refractivity contribution in [3.63, 3.8) is 0 Å². The SMILES string of the molecule is Cc1cccc(C)c1N=Cc1cn(-c2ccccc2)nc1-c1ccco1. The summed E-state index contributed by atoms with van der Waals surface area (Å²) in [6.45, 7) is 4.14. The highest BCUT2D eigenvalue weighted by Gasteiger charge is 2.13. The topological polar surface area (TPSA) is 43.3 Å². The first kappa shape index (κ1) is 16.1. The molecule has 0 radical (unpaired) electrons. The van der Waals surface area contributed by atoms with Gasteiger partial charge in [-0.25, -0.2) is 4.68 Å². The van der Waals surface area contributed by atoms with E-state index in [-0.39, 0.29) is 0 Å². The van der Waals surface area contributed by atoms with E-state index < -0.39 is 0 Å². The van der Waals surface area contributed by atoms with Gasteiger partial charge >= 0.3 is 0 Å². The fourth-order valence-electron chi connectivity index (χ4n) is 2.94. The van der Waals surface area contributed by atoms with Crippen molar-refractivity contribution < 1.29 is 4.42 Å². The van der Waals surface area contributed by atoms with Gasteiger partial charge in [-0.3, -0.25) is 4.99 Å². The highest BCUT2D eigenvalue weighted by atomic mass is 16.3. The number of hydrogen-bond donors (Lipinski definition) is 0. The molecule has 0 saturated heterocycles. The van der Waals surface area contributed by atoms with Gasteiger partial charge in [0.1, 0.15) is 5.69 Å². The van der Waals surface area contributed by atoms with Crippen LogP contribution in [-0.2, 0) is 0 Å². The van der Waals surface area contributed by atoms with Crippen molar-refractivity contribution in [2.24, 2.45) is 4.99 Å². The summed E-state index contributed by atoms with van der Waals surface area (Å²) in [5, 5.41) is 4.71. The number of para-hydroxylation sites is 2. The number of benzene rings is 2. The second-order valence-electron chi connectivity index (χ2n) is 6.19. The first-order valence-electron chi connectivity index (χ1n) is 8.51. The lowest BCUT2D eigenvalue weighted by Gasteiger charge is -2.03. The molecule has 0 aliphatic carbocycles. The largest absolute Gasteiger partial charge is 0.463 e. The predicted octanol–water partition coefficient (Wildman–Crippen LogP) is 5.50. The zero-order valence-electron chi connectivity index (χ0n) is 14.8. The van der Waals surface area contributed by atoms with E-state index in [4.69, 9.17) is 14.5 Å². The minimum atomic E-state index is 0.725. The van der Waals surface area contributed by atoms with Crippen LogP contribution in [0.5, 0.6) is 0 Å². The zero-order valence-corrected chi connectivity index (χ0v) is 14.8. The molecular formula is C22H19N3O. The first-order chi connectivity index (χ1) is 12.7. The van der Waals surface area contributed by atoms with Crippen LogP contribution in [0.4, 0.5) is 5.69 Å². The maximum absolute atomic E-state index is 5.57. The third kappa shape index (κ3) is 3.09. The monoisotopic (exact) mass is 341 g/mol. The van der Waals surface area contributed by atoms with E-state index in [1.165, 1.54) is 0 Å². The Morgan fingerprint density at radius 3 is 2.38 bits per heavy atom. The zero-order chi connectivity index (χ0) is 17.9. The third-order valence-corrected chi connectivity index (χ3v) is 4.29. The Hall–Kier alpha value is -3.40. The van der Waals surface area contributed by atoms with Gasteiger partial charge in [-0.1, -0.05) is 36.4 Å². The second-order valence-corrected chi connectivity index (χ2v) is 6.19. The van der Waals surface area contributed by atoms with Crippen molar-refractivity contribution in [2.45, 2.75) is 13.8 Å². The Morgan fingerprint density at radius 2 is 1.69 bits per heavy atom. The summed E-state index contributed by atoms with van der Waals surface area (Å²) >= 11 is 0. The average molecular weight is 341 g/mol. The van der Waals surface area contributed by atoms with Crippen LogP contribution in [0.15, 0.2) is 82.5 Å². The molecule has 0 aliphatic heterocycles. The Kier molecular flexibility index (Phi) is 4.23. The molecular weight excluding hydrogens is 322 g/mol. The van der Waals surface area contributed by atoms with Gasteiger partial charge in [0.25, 0.3) is 0 Å². The van der Waals surface area contributed by atoms with Gasteiger partial charge in [0.15, 0.2) is 5.76 Å². The second kappa shape index (κ2) is 6.84. The van der Waals surface area contributed by atoms with E-state index in [9.17, 15) is 0 Å². The van der Waals surface area contributed by atoms with Crippen molar-refractivity contribution in [3.8, 4) is 17.1 Å². The number of nitrogens with zero attached hydrogens (tertiary/aromatic N) is 3. The minimum absolute atomic E-state index is 0.725. The normalized spacial score (nSPS) is 11.3. The highest BCUT2D eigenvalue weighted by molar-refractivity contribution is 5.89. The molecule has 2 aromatic carbocycles. The molecule has 4 nitrogen and oxygen atoms in total. The summed E-state index contributed by atoms with van der Waals surface area (Å²) < 4.78 is 7.42. The average Bonchev–Trinajstić information content (AvgIpc) is 3.32. The molecule has 0 aliphatic rings. The van der Waals surface area contributed by atoms with E-state index in [0.717, 1.165) is 39.5 Å². The van der Waals surface area contributed by atoms with Crippen LogP contribution in [0.2, 0.25) is 0 Å². The highest BCUT2D eigenvalue weighted by Crippen LogP contribution is 2.26. The molecule has 0 fully saturated rings. The number of rotatable bonds is 4. The summed E-state index contributed by atoms with van der Waals surface area (Å²) in [7, 11) is 0. The van der Waals surface area contributed by atoms with E-state index >= 15 is 0 Å². The molecule has 0 atom stereocenters. The van der Waals surface area contributed by atoms with Crippen LogP contribution < -0.4 is 0 Å². The van der Waals surface area contributed by atoms with Crippen LogP contribution in [0.3, 0.4) is 0 Å². The molecule has 2 heterocycles. The molecule has 0 amide bonds. The molecule has 0 unspecified atom stereocenters. The van der Waals surface area contributed by atoms with Crippen molar-refractivity contribution in [3.05, 3.63) is 89.8 Å². The van der Waals surface area contributed by atoms with Crippen molar-refractivity contribution in [1.82, 2.24) is 9.78 Å². The van der Waals surface area contributed by atoms with Gasteiger partial charge < -0.3 is 4.42 Å². The fraction of sp³-hybridized carbons (Fsp3) is 0.0909. The summed E-state index contributed by atoms with van der Waals surface area (Å²) in [5.41, 5.74) is 5.96. The Labute approximate surface area is 152 Å². The molecule has 0 spiro atoms. The van der Waals surface area contributed by atoms with Gasteiger partial charge in [0.2, 0.25) is 0 Å². The Bertz CT molecular complexity index is 1020. The Morgan fingerprint density at radius 1 is 0.923 bits per heavy atom. The van der Waals surface area contributed by atoms with Crippen LogP contribution in [0.1, 0.15) is 16.7 Å². The van der Waals surface area contributed by atoms with E-state index in [2.05, 4.69) is 26.0 Å². The number of furan rings is 1. The number of aryl methyl sites for hydroxylation is 2. The number of aliphatic imine (C=N–C) groups is 1. The smallest absolute Gasteiger partial charge is 0.154 e. The number of hydrogen-bond acceptors (Lipinski definition) is 3. The molecule has 0 saturated carbocycles. The van der Waals surface area contributed by atoms with Gasteiger partial charge in [-0.15, -0.1) is 0 Å². The van der Waals surface area contributed by atoms with E-state index in [0.29, 0.717) is 0 Å². The molecule has 4 heteroatoms. The van der Waals surface area contributed by atoms with Crippen LogP contribution in [0.25, 0.3) is 17.1 Å². The van der Waals surface area contributed by atoms with Gasteiger partial charge in [0, 0.05) is 18.0 Å². The maximum atomic E-state index is 5.57. The predicted molar refractivity (Wildman–Crippen MR) is 104 cm³/mol. The molecule has 128 valence electrons. The van der Waals surface area contributed by atoms with Crippen molar-refractivity contribution in [1.29, 1.82) is 0 Å². The summed E-state index contributed by atoms with van der Waals surface area (Å²) in [6.07, 6.45) is 5.49. The third-order valence-electron chi connectivity index (χ3n) is 4.29. The van der Waals surface area contributed by atoms with Gasteiger partial charge in [-0.2, -0.15) is 5.10 Å². The van der Waals surface area contributed by atoms with E-state index in [1.807, 2.05) is 65.6 Å². The summed E-state index contributed by atoms with van der Waals surface area (Å²) in [4.78, 5) is 4.73. The van der Waals surface area contributed by atoms with Crippen LogP contribution in [0, 0.1) is 13.8 Å². The van der Waals surface area contributed by atoms with Crippen LogP contribution in [-0.4, -0.2) is 16.0 Å². The molecule has 26 heavy (non-hydrogen) atoms. The van der Waals surface area contributed by atoms with Crippen molar-refractivity contribution >= 4 is 11.9 Å². The lowest BCUT2D eigenvalue weighted by Crippen LogP contribution is -1.93. The molecule has 4 rings (SSSR count). The molecule has 4 aromatic rings. The Balaban J connectivity index is 1.80. The lowest BCUT2D eigenvalue weighted by atomic mass is 10.1. The summed E-state index contributed by atoms with van der Waals surface area (Å²) in [5.74, 6) is 0.725. The first-order valence-corrected chi connectivity index (χ1v) is 8.51. The van der Waals surface area contributed by atoms with Crippen molar-refractivity contribution in [2.75, 3.05) is 0 Å². The van der Waals surface area contributed by atoms with Gasteiger partial charge in [0.05, 0.1) is 17.6 Å². The number of aromatic nitrogens is 2. The van der Waals surface area contributed by atoms with Gasteiger partial charge in [-0.05, 0) is 49.2 Å².